The van der Waals surface area contributed by atoms with Crippen LogP contribution in [0.5, 0.6) is 11.5 Å². The summed E-state index contributed by atoms with van der Waals surface area (Å²) in [6.45, 7) is 2.09. The van der Waals surface area contributed by atoms with E-state index in [1.54, 1.807) is 18.2 Å². The number of carbonyl (C=O) groups excluding carboxylic acids is 1. The summed E-state index contributed by atoms with van der Waals surface area (Å²) in [5, 5.41) is 0. The van der Waals surface area contributed by atoms with Gasteiger partial charge in [-0.05, 0) is 42.3 Å². The molecule has 0 aliphatic rings. The topological polar surface area (TPSA) is 61.5 Å². The van der Waals surface area contributed by atoms with Crippen LogP contribution in [0.1, 0.15) is 22.8 Å². The number of hydrogen-bond acceptors (Lipinski definition) is 4. The Morgan fingerprint density at radius 3 is 2.45 bits per heavy atom. The number of aryl methyl sites for hydroxylation is 1. The molecule has 0 aliphatic heterocycles. The number of hydrogen-bond donors (Lipinski definition) is 1. The van der Waals surface area contributed by atoms with E-state index >= 15 is 0 Å². The average Bonchev–Trinajstić information content (AvgIpc) is 2.49. The highest BCUT2D eigenvalue weighted by atomic mass is 16.5. The number of methoxy groups -OCH3 is 1. The van der Waals surface area contributed by atoms with E-state index < -0.39 is 5.97 Å². The van der Waals surface area contributed by atoms with Crippen LogP contribution in [0, 0.1) is 0 Å². The third kappa shape index (κ3) is 3.09. The van der Waals surface area contributed by atoms with Gasteiger partial charge in [-0.1, -0.05) is 19.1 Å². The highest BCUT2D eigenvalue weighted by Crippen LogP contribution is 2.28. The molecule has 0 fully saturated rings. The van der Waals surface area contributed by atoms with Gasteiger partial charge in [-0.25, -0.2) is 4.79 Å². The van der Waals surface area contributed by atoms with Gasteiger partial charge in [-0.15, -0.1) is 0 Å². The number of nitrogens with two attached hydrogens (primary N) is 1. The van der Waals surface area contributed by atoms with Gasteiger partial charge < -0.3 is 15.2 Å². The molecule has 0 heterocycles. The largest absolute Gasteiger partial charge is 0.465 e. The van der Waals surface area contributed by atoms with E-state index in [9.17, 15) is 4.79 Å². The van der Waals surface area contributed by atoms with Crippen LogP contribution in [-0.2, 0) is 11.2 Å². The number of anilines is 1. The van der Waals surface area contributed by atoms with Crippen molar-refractivity contribution in [3.8, 4) is 11.5 Å². The van der Waals surface area contributed by atoms with Crippen molar-refractivity contribution in [2.45, 2.75) is 13.3 Å². The summed E-state index contributed by atoms with van der Waals surface area (Å²) in [6, 6.07) is 12.6. The first-order valence-electron chi connectivity index (χ1n) is 6.38. The first-order valence-corrected chi connectivity index (χ1v) is 6.38. The van der Waals surface area contributed by atoms with Gasteiger partial charge in [0, 0.05) is 5.69 Å². The summed E-state index contributed by atoms with van der Waals surface area (Å²) in [7, 11) is 1.32. The summed E-state index contributed by atoms with van der Waals surface area (Å²) >= 11 is 0. The molecule has 4 nitrogen and oxygen atoms in total. The van der Waals surface area contributed by atoms with Crippen LogP contribution in [0.2, 0.25) is 0 Å². The molecule has 2 aromatic carbocycles. The van der Waals surface area contributed by atoms with Gasteiger partial charge in [0.2, 0.25) is 0 Å². The number of carbonyl (C=O) groups is 1. The molecular weight excluding hydrogens is 254 g/mol. The van der Waals surface area contributed by atoms with Crippen molar-refractivity contribution < 1.29 is 14.3 Å². The zero-order valence-electron chi connectivity index (χ0n) is 11.6. The van der Waals surface area contributed by atoms with Gasteiger partial charge >= 0.3 is 5.97 Å². The van der Waals surface area contributed by atoms with Gasteiger partial charge in [0.25, 0.3) is 0 Å². The standard InChI is InChI=1S/C16H17NO3/c1-3-11-4-7-13(8-5-11)20-15-9-6-12(17)10-14(15)16(18)19-2/h4-10H,3,17H2,1-2H3. The van der Waals surface area contributed by atoms with Crippen molar-refractivity contribution in [3.05, 3.63) is 53.6 Å². The molecule has 0 aliphatic carbocycles. The molecule has 0 saturated heterocycles. The fourth-order valence-corrected chi connectivity index (χ4v) is 1.83. The van der Waals surface area contributed by atoms with E-state index in [-0.39, 0.29) is 0 Å². The summed E-state index contributed by atoms with van der Waals surface area (Å²) in [5.74, 6) is 0.616. The van der Waals surface area contributed by atoms with E-state index in [1.165, 1.54) is 12.7 Å². The fraction of sp³-hybridized carbons (Fsp3) is 0.188. The van der Waals surface area contributed by atoms with Gasteiger partial charge in [0.15, 0.2) is 0 Å². The maximum absolute atomic E-state index is 11.7. The molecule has 0 spiro atoms. The molecule has 0 aromatic heterocycles. The predicted octanol–water partition coefficient (Wildman–Crippen LogP) is 3.41. The zero-order valence-corrected chi connectivity index (χ0v) is 11.6. The minimum Gasteiger partial charge on any atom is -0.465 e. The Labute approximate surface area is 118 Å². The monoisotopic (exact) mass is 271 g/mol. The smallest absolute Gasteiger partial charge is 0.341 e. The molecule has 2 N–H and O–H groups in total. The SMILES string of the molecule is CCc1ccc(Oc2ccc(N)cc2C(=O)OC)cc1. The fourth-order valence-electron chi connectivity index (χ4n) is 1.83. The number of nitrogen functional groups attached to an aromatic ring is 1. The Morgan fingerprint density at radius 2 is 1.85 bits per heavy atom. The van der Waals surface area contributed by atoms with Crippen LogP contribution < -0.4 is 10.5 Å². The molecule has 2 rings (SSSR count). The van der Waals surface area contributed by atoms with E-state index in [1.807, 2.05) is 24.3 Å². The minimum absolute atomic E-state index is 0.312. The Bertz CT molecular complexity index is 606. The van der Waals surface area contributed by atoms with Crippen molar-refractivity contribution in [2.24, 2.45) is 0 Å². The third-order valence-corrected chi connectivity index (χ3v) is 2.97. The van der Waals surface area contributed by atoms with Crippen molar-refractivity contribution in [1.82, 2.24) is 0 Å². The van der Waals surface area contributed by atoms with Crippen molar-refractivity contribution >= 4 is 11.7 Å². The van der Waals surface area contributed by atoms with Gasteiger partial charge in [0.1, 0.15) is 17.1 Å². The minimum atomic E-state index is -0.475. The van der Waals surface area contributed by atoms with Crippen LogP contribution in [0.15, 0.2) is 42.5 Å². The number of rotatable bonds is 4. The average molecular weight is 271 g/mol. The summed E-state index contributed by atoms with van der Waals surface area (Å²) in [6.07, 6.45) is 0.968. The Hall–Kier alpha value is -2.49. The van der Waals surface area contributed by atoms with E-state index in [2.05, 4.69) is 6.92 Å². The Kier molecular flexibility index (Phi) is 4.25. The number of esters is 1. The molecule has 0 bridgehead atoms. The number of benzene rings is 2. The first-order chi connectivity index (χ1) is 9.63. The second-order valence-corrected chi connectivity index (χ2v) is 4.35. The van der Waals surface area contributed by atoms with Crippen LogP contribution in [0.4, 0.5) is 5.69 Å². The third-order valence-electron chi connectivity index (χ3n) is 2.97. The van der Waals surface area contributed by atoms with Crippen molar-refractivity contribution in [3.63, 3.8) is 0 Å². The van der Waals surface area contributed by atoms with E-state index in [0.717, 1.165) is 6.42 Å². The van der Waals surface area contributed by atoms with Gasteiger partial charge in [0.05, 0.1) is 7.11 Å². The highest BCUT2D eigenvalue weighted by molar-refractivity contribution is 5.93. The quantitative estimate of drug-likeness (QED) is 0.683. The van der Waals surface area contributed by atoms with E-state index in [4.69, 9.17) is 15.2 Å². The maximum atomic E-state index is 11.7. The molecule has 0 radical (unpaired) electrons. The normalized spacial score (nSPS) is 10.1. The lowest BCUT2D eigenvalue weighted by Crippen LogP contribution is -2.04. The predicted molar refractivity (Wildman–Crippen MR) is 78.1 cm³/mol. The van der Waals surface area contributed by atoms with E-state index in [0.29, 0.717) is 22.7 Å². The summed E-state index contributed by atoms with van der Waals surface area (Å²) in [5.41, 5.74) is 7.71. The summed E-state index contributed by atoms with van der Waals surface area (Å²) < 4.78 is 10.5. The molecule has 0 unspecified atom stereocenters. The Morgan fingerprint density at radius 1 is 1.15 bits per heavy atom. The second kappa shape index (κ2) is 6.10. The number of ether oxygens (including phenoxy) is 2. The highest BCUT2D eigenvalue weighted by Gasteiger charge is 2.14. The molecule has 4 heteroatoms. The first kappa shape index (κ1) is 13.9. The van der Waals surface area contributed by atoms with Crippen LogP contribution in [-0.4, -0.2) is 13.1 Å². The van der Waals surface area contributed by atoms with Gasteiger partial charge in [-0.3, -0.25) is 0 Å². The van der Waals surface area contributed by atoms with Crippen LogP contribution >= 0.6 is 0 Å². The molecule has 104 valence electrons. The molecular formula is C16H17NO3. The summed E-state index contributed by atoms with van der Waals surface area (Å²) in [4.78, 5) is 11.7. The van der Waals surface area contributed by atoms with Crippen LogP contribution in [0.3, 0.4) is 0 Å². The van der Waals surface area contributed by atoms with Crippen molar-refractivity contribution in [1.29, 1.82) is 0 Å². The van der Waals surface area contributed by atoms with Gasteiger partial charge in [-0.2, -0.15) is 0 Å². The lowest BCUT2D eigenvalue weighted by Gasteiger charge is -2.11. The molecule has 0 atom stereocenters. The van der Waals surface area contributed by atoms with Crippen LogP contribution in [0.25, 0.3) is 0 Å². The lowest BCUT2D eigenvalue weighted by atomic mass is 10.1. The molecule has 20 heavy (non-hydrogen) atoms. The maximum Gasteiger partial charge on any atom is 0.341 e. The zero-order chi connectivity index (χ0) is 14.5. The molecule has 0 saturated carbocycles. The second-order valence-electron chi connectivity index (χ2n) is 4.35. The molecule has 0 amide bonds. The molecule has 2 aromatic rings. The van der Waals surface area contributed by atoms with Crippen molar-refractivity contribution in [2.75, 3.05) is 12.8 Å². The Balaban J connectivity index is 2.30. The lowest BCUT2D eigenvalue weighted by molar-refractivity contribution is 0.0598.